The fourth-order valence-electron chi connectivity index (χ4n) is 2.51. The molecule has 0 aliphatic carbocycles. The van der Waals surface area contributed by atoms with E-state index in [1.54, 1.807) is 6.08 Å². The predicted octanol–water partition coefficient (Wildman–Crippen LogP) is 3.39. The summed E-state index contributed by atoms with van der Waals surface area (Å²) in [5.74, 6) is -0.713. The van der Waals surface area contributed by atoms with Gasteiger partial charge >= 0.3 is 0 Å². The number of primary amides is 1. The lowest BCUT2D eigenvalue weighted by molar-refractivity contribution is -0.114. The van der Waals surface area contributed by atoms with Crippen molar-refractivity contribution in [2.75, 3.05) is 0 Å². The van der Waals surface area contributed by atoms with Crippen molar-refractivity contribution >= 4 is 33.5 Å². The average Bonchev–Trinajstić information content (AvgIpc) is 2.51. The molecule has 0 heterocycles. The smallest absolute Gasteiger partial charge is 0.259 e. The van der Waals surface area contributed by atoms with Gasteiger partial charge < -0.3 is 5.73 Å². The Kier molecular flexibility index (Phi) is 3.13. The Morgan fingerprint density at radius 3 is 2.00 bits per heavy atom. The molecule has 0 aromatic heterocycles. The molecular formula is C18H12N2O. The molecule has 3 aromatic carbocycles. The van der Waals surface area contributed by atoms with Crippen molar-refractivity contribution in [3.63, 3.8) is 0 Å². The number of nitriles is 1. The molecule has 0 saturated carbocycles. The van der Waals surface area contributed by atoms with E-state index < -0.39 is 5.91 Å². The van der Waals surface area contributed by atoms with Gasteiger partial charge in [-0.25, -0.2) is 0 Å². The number of amides is 1. The maximum absolute atomic E-state index is 11.3. The van der Waals surface area contributed by atoms with E-state index in [-0.39, 0.29) is 5.57 Å². The summed E-state index contributed by atoms with van der Waals surface area (Å²) in [6.07, 6.45) is 1.58. The van der Waals surface area contributed by atoms with Crippen LogP contribution < -0.4 is 5.73 Å². The standard InChI is InChI=1S/C18H12N2O/c19-11-14(18(20)21)10-17-15-7-3-1-5-12(15)9-13-6-2-4-8-16(13)17/h1-10H,(H2,20,21). The number of nitrogens with zero attached hydrogens (tertiary/aromatic N) is 1. The number of hydrogen-bond acceptors (Lipinski definition) is 2. The van der Waals surface area contributed by atoms with Crippen LogP contribution in [0.3, 0.4) is 0 Å². The van der Waals surface area contributed by atoms with Crippen molar-refractivity contribution in [1.29, 1.82) is 5.26 Å². The first-order valence-corrected chi connectivity index (χ1v) is 6.53. The van der Waals surface area contributed by atoms with Crippen LogP contribution in [-0.2, 0) is 4.79 Å². The highest BCUT2D eigenvalue weighted by Crippen LogP contribution is 2.30. The molecule has 3 heteroatoms. The van der Waals surface area contributed by atoms with Gasteiger partial charge in [-0.05, 0) is 39.3 Å². The summed E-state index contributed by atoms with van der Waals surface area (Å²) in [5.41, 5.74) is 6.05. The van der Waals surface area contributed by atoms with Gasteiger partial charge in [-0.15, -0.1) is 0 Å². The van der Waals surface area contributed by atoms with E-state index in [1.807, 2.05) is 54.6 Å². The van der Waals surface area contributed by atoms with Crippen LogP contribution in [0, 0.1) is 11.3 Å². The lowest BCUT2D eigenvalue weighted by atomic mass is 9.95. The number of benzene rings is 3. The molecule has 21 heavy (non-hydrogen) atoms. The van der Waals surface area contributed by atoms with Crippen LogP contribution in [0.15, 0.2) is 60.2 Å². The Morgan fingerprint density at radius 1 is 1.00 bits per heavy atom. The van der Waals surface area contributed by atoms with Gasteiger partial charge in [-0.2, -0.15) is 5.26 Å². The van der Waals surface area contributed by atoms with E-state index in [0.29, 0.717) is 0 Å². The second-order valence-electron chi connectivity index (χ2n) is 4.77. The summed E-state index contributed by atoms with van der Waals surface area (Å²) in [7, 11) is 0. The zero-order chi connectivity index (χ0) is 14.8. The number of carbonyl (C=O) groups is 1. The summed E-state index contributed by atoms with van der Waals surface area (Å²) in [4.78, 5) is 11.3. The van der Waals surface area contributed by atoms with Crippen molar-refractivity contribution in [1.82, 2.24) is 0 Å². The first kappa shape index (κ1) is 12.9. The third-order valence-corrected chi connectivity index (χ3v) is 3.49. The Labute approximate surface area is 121 Å². The summed E-state index contributed by atoms with van der Waals surface area (Å²) in [6, 6.07) is 19.7. The molecule has 3 aromatic rings. The van der Waals surface area contributed by atoms with Crippen LogP contribution in [0.25, 0.3) is 27.6 Å². The van der Waals surface area contributed by atoms with Gasteiger partial charge in [0, 0.05) is 0 Å². The summed E-state index contributed by atoms with van der Waals surface area (Å²) in [6.45, 7) is 0. The van der Waals surface area contributed by atoms with Crippen molar-refractivity contribution in [2.45, 2.75) is 0 Å². The third-order valence-electron chi connectivity index (χ3n) is 3.49. The minimum absolute atomic E-state index is 0.0449. The molecule has 0 aliphatic rings. The Morgan fingerprint density at radius 2 is 1.52 bits per heavy atom. The topological polar surface area (TPSA) is 66.9 Å². The van der Waals surface area contributed by atoms with Crippen LogP contribution in [0.1, 0.15) is 5.56 Å². The number of rotatable bonds is 2. The molecule has 0 saturated heterocycles. The van der Waals surface area contributed by atoms with E-state index in [0.717, 1.165) is 27.1 Å². The zero-order valence-corrected chi connectivity index (χ0v) is 11.2. The Balaban J connectivity index is 2.47. The Hall–Kier alpha value is -3.12. The summed E-state index contributed by atoms with van der Waals surface area (Å²) in [5, 5.41) is 13.2. The molecule has 3 nitrogen and oxygen atoms in total. The highest BCUT2D eigenvalue weighted by Gasteiger charge is 2.09. The van der Waals surface area contributed by atoms with Crippen molar-refractivity contribution in [3.8, 4) is 6.07 Å². The van der Waals surface area contributed by atoms with Gasteiger partial charge in [0.05, 0.1) is 0 Å². The largest absolute Gasteiger partial charge is 0.365 e. The predicted molar refractivity (Wildman–Crippen MR) is 84.2 cm³/mol. The highest BCUT2D eigenvalue weighted by molar-refractivity contribution is 6.10. The molecule has 3 rings (SSSR count). The maximum Gasteiger partial charge on any atom is 0.259 e. The number of hydrogen-bond donors (Lipinski definition) is 1. The summed E-state index contributed by atoms with van der Waals surface area (Å²) < 4.78 is 0. The first-order valence-electron chi connectivity index (χ1n) is 6.53. The van der Waals surface area contributed by atoms with Gasteiger partial charge in [0.2, 0.25) is 0 Å². The van der Waals surface area contributed by atoms with Crippen LogP contribution in [0.4, 0.5) is 0 Å². The average molecular weight is 272 g/mol. The molecule has 0 aliphatic heterocycles. The first-order chi connectivity index (χ1) is 10.2. The lowest BCUT2D eigenvalue weighted by Gasteiger charge is -2.08. The minimum Gasteiger partial charge on any atom is -0.365 e. The molecule has 0 unspecified atom stereocenters. The van der Waals surface area contributed by atoms with Gasteiger partial charge in [0.25, 0.3) is 5.91 Å². The second-order valence-corrected chi connectivity index (χ2v) is 4.77. The van der Waals surface area contributed by atoms with Gasteiger partial charge in [0.1, 0.15) is 11.6 Å². The molecule has 2 N–H and O–H groups in total. The van der Waals surface area contributed by atoms with E-state index in [1.165, 1.54) is 0 Å². The van der Waals surface area contributed by atoms with E-state index in [2.05, 4.69) is 6.07 Å². The normalized spacial score (nSPS) is 11.5. The van der Waals surface area contributed by atoms with E-state index in [4.69, 9.17) is 11.0 Å². The molecule has 0 atom stereocenters. The number of fused-ring (bicyclic) bond motifs is 2. The fraction of sp³-hybridized carbons (Fsp3) is 0. The molecule has 0 bridgehead atoms. The van der Waals surface area contributed by atoms with E-state index >= 15 is 0 Å². The van der Waals surface area contributed by atoms with Gasteiger partial charge in [-0.3, -0.25) is 4.79 Å². The lowest BCUT2D eigenvalue weighted by Crippen LogP contribution is -2.12. The summed E-state index contributed by atoms with van der Waals surface area (Å²) >= 11 is 0. The van der Waals surface area contributed by atoms with Crippen molar-refractivity contribution in [3.05, 3.63) is 65.7 Å². The molecule has 0 radical (unpaired) electrons. The third kappa shape index (κ3) is 2.24. The fourth-order valence-corrected chi connectivity index (χ4v) is 2.51. The minimum atomic E-state index is -0.713. The quantitative estimate of drug-likeness (QED) is 0.441. The van der Waals surface area contributed by atoms with Gasteiger partial charge in [0.15, 0.2) is 0 Å². The molecular weight excluding hydrogens is 260 g/mol. The maximum atomic E-state index is 11.3. The second kappa shape index (κ2) is 5.10. The van der Waals surface area contributed by atoms with E-state index in [9.17, 15) is 4.79 Å². The monoisotopic (exact) mass is 272 g/mol. The molecule has 0 fully saturated rings. The van der Waals surface area contributed by atoms with Gasteiger partial charge in [-0.1, -0.05) is 48.5 Å². The number of nitrogens with two attached hydrogens (primary N) is 1. The van der Waals surface area contributed by atoms with Crippen molar-refractivity contribution < 1.29 is 4.79 Å². The molecule has 100 valence electrons. The zero-order valence-electron chi connectivity index (χ0n) is 11.2. The highest BCUT2D eigenvalue weighted by atomic mass is 16.1. The number of carbonyl (C=O) groups excluding carboxylic acids is 1. The Bertz CT molecular complexity index is 879. The van der Waals surface area contributed by atoms with Crippen LogP contribution in [-0.4, -0.2) is 5.91 Å². The van der Waals surface area contributed by atoms with Crippen LogP contribution in [0.2, 0.25) is 0 Å². The SMILES string of the molecule is N#CC(=Cc1c2ccccc2cc2ccccc12)C(N)=O. The molecule has 1 amide bonds. The van der Waals surface area contributed by atoms with Crippen LogP contribution in [0.5, 0.6) is 0 Å². The molecule has 0 spiro atoms. The van der Waals surface area contributed by atoms with Crippen LogP contribution >= 0.6 is 0 Å². The van der Waals surface area contributed by atoms with Crippen molar-refractivity contribution in [2.24, 2.45) is 5.73 Å².